The zero-order valence-electron chi connectivity index (χ0n) is 21.2. The van der Waals surface area contributed by atoms with Gasteiger partial charge in [-0.1, -0.05) is 72.3 Å². The molecule has 0 fully saturated rings. The van der Waals surface area contributed by atoms with E-state index in [1.807, 2.05) is 37.3 Å². The smallest absolute Gasteiger partial charge is 0.244 e. The normalized spacial score (nSPS) is 12.0. The molecule has 0 saturated heterocycles. The lowest BCUT2D eigenvalue weighted by atomic mass is 10.0. The molecule has 37 heavy (non-hydrogen) atoms. The zero-order valence-corrected chi connectivity index (χ0v) is 22.8. The Kier molecular flexibility index (Phi) is 9.72. The minimum Gasteiger partial charge on any atom is -0.355 e. The minimum absolute atomic E-state index is 0.107. The number of benzene rings is 3. The second-order valence-electron chi connectivity index (χ2n) is 8.80. The highest BCUT2D eigenvalue weighted by Crippen LogP contribution is 2.23. The number of nitrogens with zero attached hydrogens (tertiary/aromatic N) is 2. The van der Waals surface area contributed by atoms with E-state index in [-0.39, 0.29) is 18.9 Å². The summed E-state index contributed by atoms with van der Waals surface area (Å²) in [5.74, 6) is -0.800. The topological polar surface area (TPSA) is 86.8 Å². The third kappa shape index (κ3) is 7.81. The SMILES string of the molecule is CCNC(=O)C(Cc1ccccc1)N(Cc1ccc(Cl)cc1)C(=O)CN(c1ccccc1C)S(C)(=O)=O. The van der Waals surface area contributed by atoms with Crippen LogP contribution < -0.4 is 9.62 Å². The molecule has 2 amide bonds. The van der Waals surface area contributed by atoms with Gasteiger partial charge in [0, 0.05) is 24.5 Å². The molecule has 0 aliphatic carbocycles. The van der Waals surface area contributed by atoms with Crippen LogP contribution in [0.25, 0.3) is 0 Å². The molecule has 3 aromatic rings. The van der Waals surface area contributed by atoms with Gasteiger partial charge in [-0.15, -0.1) is 0 Å². The van der Waals surface area contributed by atoms with Gasteiger partial charge < -0.3 is 10.2 Å². The summed E-state index contributed by atoms with van der Waals surface area (Å²) < 4.78 is 26.7. The number of para-hydroxylation sites is 1. The molecular weight excluding hydrogens is 510 g/mol. The largest absolute Gasteiger partial charge is 0.355 e. The summed E-state index contributed by atoms with van der Waals surface area (Å²) in [7, 11) is -3.79. The highest BCUT2D eigenvalue weighted by molar-refractivity contribution is 7.92. The molecule has 7 nitrogen and oxygen atoms in total. The van der Waals surface area contributed by atoms with Crippen molar-refractivity contribution in [2.45, 2.75) is 32.9 Å². The molecule has 0 aliphatic heterocycles. The third-order valence-corrected chi connectivity index (χ3v) is 7.33. The number of halogens is 1. The lowest BCUT2D eigenvalue weighted by Crippen LogP contribution is -2.53. The predicted molar refractivity (Wildman–Crippen MR) is 148 cm³/mol. The summed E-state index contributed by atoms with van der Waals surface area (Å²) >= 11 is 6.06. The number of rotatable bonds is 11. The number of carbonyl (C=O) groups is 2. The lowest BCUT2D eigenvalue weighted by Gasteiger charge is -2.33. The minimum atomic E-state index is -3.79. The molecule has 0 aromatic heterocycles. The van der Waals surface area contributed by atoms with Gasteiger partial charge in [0.1, 0.15) is 12.6 Å². The van der Waals surface area contributed by atoms with E-state index in [9.17, 15) is 18.0 Å². The van der Waals surface area contributed by atoms with Crippen LogP contribution in [0, 0.1) is 6.92 Å². The maximum Gasteiger partial charge on any atom is 0.244 e. The van der Waals surface area contributed by atoms with Crippen LogP contribution in [0.4, 0.5) is 5.69 Å². The van der Waals surface area contributed by atoms with Crippen LogP contribution in [0.5, 0.6) is 0 Å². The Morgan fingerprint density at radius 2 is 1.54 bits per heavy atom. The molecular formula is C28H32ClN3O4S. The standard InChI is InChI=1S/C28H32ClN3O4S/c1-4-30-28(34)26(18-22-11-6-5-7-12-22)31(19-23-14-16-24(29)17-15-23)27(33)20-32(37(3,35)36)25-13-9-8-10-21(25)2/h5-17,26H,4,18-20H2,1-3H3,(H,30,34). The van der Waals surface area contributed by atoms with E-state index in [1.54, 1.807) is 55.5 Å². The molecule has 0 spiro atoms. The molecule has 9 heteroatoms. The molecule has 0 radical (unpaired) electrons. The number of anilines is 1. The first-order valence-corrected chi connectivity index (χ1v) is 14.2. The Hall–Kier alpha value is -3.36. The van der Waals surface area contributed by atoms with Crippen molar-refractivity contribution in [1.82, 2.24) is 10.2 Å². The van der Waals surface area contributed by atoms with Crippen molar-refractivity contribution in [3.05, 3.63) is 101 Å². The van der Waals surface area contributed by atoms with Gasteiger partial charge in [0.25, 0.3) is 0 Å². The second-order valence-corrected chi connectivity index (χ2v) is 11.1. The monoisotopic (exact) mass is 541 g/mol. The van der Waals surface area contributed by atoms with Crippen molar-refractivity contribution in [1.29, 1.82) is 0 Å². The van der Waals surface area contributed by atoms with Gasteiger partial charge in [0.05, 0.1) is 11.9 Å². The maximum absolute atomic E-state index is 13.9. The van der Waals surface area contributed by atoms with Crippen molar-refractivity contribution in [3.63, 3.8) is 0 Å². The van der Waals surface area contributed by atoms with E-state index in [4.69, 9.17) is 11.6 Å². The number of sulfonamides is 1. The number of aryl methyl sites for hydroxylation is 1. The molecule has 196 valence electrons. The van der Waals surface area contributed by atoms with Gasteiger partial charge in [-0.3, -0.25) is 13.9 Å². The quantitative estimate of drug-likeness (QED) is 0.394. The van der Waals surface area contributed by atoms with E-state index >= 15 is 0 Å². The average Bonchev–Trinajstić information content (AvgIpc) is 2.86. The van der Waals surface area contributed by atoms with Gasteiger partial charge >= 0.3 is 0 Å². The highest BCUT2D eigenvalue weighted by atomic mass is 35.5. The fourth-order valence-electron chi connectivity index (χ4n) is 4.07. The zero-order chi connectivity index (χ0) is 27.0. The fourth-order valence-corrected chi connectivity index (χ4v) is 5.10. The Bertz CT molecular complexity index is 1310. The first-order chi connectivity index (χ1) is 17.6. The van der Waals surface area contributed by atoms with Crippen molar-refractivity contribution in [2.24, 2.45) is 0 Å². The van der Waals surface area contributed by atoms with E-state index in [2.05, 4.69) is 5.32 Å². The van der Waals surface area contributed by atoms with Gasteiger partial charge in [0.2, 0.25) is 21.8 Å². The first-order valence-electron chi connectivity index (χ1n) is 12.0. The first kappa shape index (κ1) is 28.2. The number of nitrogens with one attached hydrogen (secondary N) is 1. The molecule has 1 N–H and O–H groups in total. The number of hydrogen-bond acceptors (Lipinski definition) is 4. The number of amides is 2. The summed E-state index contributed by atoms with van der Waals surface area (Å²) in [5, 5.41) is 3.38. The molecule has 3 aromatic carbocycles. The van der Waals surface area contributed by atoms with Crippen molar-refractivity contribution in [2.75, 3.05) is 23.7 Å². The summed E-state index contributed by atoms with van der Waals surface area (Å²) in [5.41, 5.74) is 2.78. The van der Waals surface area contributed by atoms with E-state index in [0.29, 0.717) is 17.3 Å². The van der Waals surface area contributed by atoms with Crippen LogP contribution in [0.15, 0.2) is 78.9 Å². The Morgan fingerprint density at radius 1 is 0.919 bits per heavy atom. The van der Waals surface area contributed by atoms with Crippen LogP contribution >= 0.6 is 11.6 Å². The number of carbonyl (C=O) groups excluding carboxylic acids is 2. The molecule has 3 rings (SSSR count). The summed E-state index contributed by atoms with van der Waals surface area (Å²) in [6.45, 7) is 3.66. The van der Waals surface area contributed by atoms with Gasteiger partial charge in [-0.25, -0.2) is 8.42 Å². The van der Waals surface area contributed by atoms with Crippen molar-refractivity contribution >= 4 is 39.1 Å². The summed E-state index contributed by atoms with van der Waals surface area (Å²) in [6.07, 6.45) is 1.34. The fraction of sp³-hybridized carbons (Fsp3) is 0.286. The Labute approximate surface area is 224 Å². The average molecular weight is 542 g/mol. The summed E-state index contributed by atoms with van der Waals surface area (Å²) in [6, 6.07) is 22.6. The van der Waals surface area contributed by atoms with Gasteiger partial charge in [-0.2, -0.15) is 0 Å². The van der Waals surface area contributed by atoms with Gasteiger partial charge in [0.15, 0.2) is 0 Å². The van der Waals surface area contributed by atoms with Crippen LogP contribution in [0.3, 0.4) is 0 Å². The molecule has 0 aliphatic rings. The number of hydrogen-bond donors (Lipinski definition) is 1. The van der Waals surface area contributed by atoms with Crippen LogP contribution in [-0.2, 0) is 32.6 Å². The maximum atomic E-state index is 13.9. The molecule has 1 atom stereocenters. The van der Waals surface area contributed by atoms with Crippen LogP contribution in [-0.4, -0.2) is 50.5 Å². The van der Waals surface area contributed by atoms with Crippen molar-refractivity contribution < 1.29 is 18.0 Å². The van der Waals surface area contributed by atoms with Gasteiger partial charge in [-0.05, 0) is 48.7 Å². The van der Waals surface area contributed by atoms with E-state index < -0.39 is 28.5 Å². The third-order valence-electron chi connectivity index (χ3n) is 5.95. The highest BCUT2D eigenvalue weighted by Gasteiger charge is 2.33. The number of likely N-dealkylation sites (N-methyl/N-ethyl adjacent to an activating group) is 1. The van der Waals surface area contributed by atoms with Crippen molar-refractivity contribution in [3.8, 4) is 0 Å². The van der Waals surface area contributed by atoms with E-state index in [1.165, 1.54) is 4.90 Å². The van der Waals surface area contributed by atoms with Crippen LogP contribution in [0.2, 0.25) is 5.02 Å². The predicted octanol–water partition coefficient (Wildman–Crippen LogP) is 4.19. The summed E-state index contributed by atoms with van der Waals surface area (Å²) in [4.78, 5) is 28.7. The second kappa shape index (κ2) is 12.7. The molecule has 0 bridgehead atoms. The molecule has 0 saturated carbocycles. The van der Waals surface area contributed by atoms with E-state index in [0.717, 1.165) is 27.3 Å². The molecule has 0 heterocycles. The molecule has 1 unspecified atom stereocenters. The van der Waals surface area contributed by atoms with Crippen LogP contribution in [0.1, 0.15) is 23.6 Å². The Morgan fingerprint density at radius 3 is 2.14 bits per heavy atom. The Balaban J connectivity index is 2.04. The lowest BCUT2D eigenvalue weighted by molar-refractivity contribution is -0.140.